The zero-order valence-electron chi connectivity index (χ0n) is 13.0. The fourth-order valence-electron chi connectivity index (χ4n) is 2.41. The molecule has 7 nitrogen and oxygen atoms in total. The average Bonchev–Trinajstić information content (AvgIpc) is 3.05. The quantitative estimate of drug-likeness (QED) is 0.252. The van der Waals surface area contributed by atoms with E-state index in [2.05, 4.69) is 15.9 Å². The summed E-state index contributed by atoms with van der Waals surface area (Å²) in [4.78, 5) is 23.0. The van der Waals surface area contributed by atoms with Crippen LogP contribution in [0.1, 0.15) is 11.1 Å². The highest BCUT2D eigenvalue weighted by Crippen LogP contribution is 2.40. The number of rotatable bonds is 4. The average molecular weight is 406 g/mol. The normalized spacial score (nSPS) is 12.8. The predicted octanol–water partition coefficient (Wildman–Crippen LogP) is 3.80. The van der Waals surface area contributed by atoms with Crippen molar-refractivity contribution in [3.05, 3.63) is 62.1 Å². The maximum absolute atomic E-state index is 12.3. The molecular weight excluding hydrogens is 394 g/mol. The van der Waals surface area contributed by atoms with Gasteiger partial charge in [-0.05, 0) is 24.3 Å². The van der Waals surface area contributed by atoms with Crippen molar-refractivity contribution >= 4 is 39.2 Å². The largest absolute Gasteiger partial charge is 0.465 e. The first-order chi connectivity index (χ1) is 12.0. The molecule has 0 bridgehead atoms. The van der Waals surface area contributed by atoms with Crippen molar-refractivity contribution in [2.45, 2.75) is 0 Å². The molecule has 0 radical (unpaired) electrons. The van der Waals surface area contributed by atoms with Crippen LogP contribution in [0, 0.1) is 10.1 Å². The van der Waals surface area contributed by atoms with Crippen LogP contribution in [0.2, 0.25) is 0 Å². The summed E-state index contributed by atoms with van der Waals surface area (Å²) in [6.45, 7) is 0.0899. The maximum atomic E-state index is 12.3. The number of nitro groups is 1. The summed E-state index contributed by atoms with van der Waals surface area (Å²) < 4.78 is 16.1. The van der Waals surface area contributed by atoms with E-state index in [9.17, 15) is 14.9 Å². The monoisotopic (exact) mass is 405 g/mol. The Kier molecular flexibility index (Phi) is 4.71. The summed E-state index contributed by atoms with van der Waals surface area (Å²) in [5, 5.41) is 11.2. The summed E-state index contributed by atoms with van der Waals surface area (Å²) >= 11 is 3.39. The van der Waals surface area contributed by atoms with Crippen LogP contribution in [0.25, 0.3) is 11.6 Å². The molecule has 0 saturated carbocycles. The summed E-state index contributed by atoms with van der Waals surface area (Å²) in [5.41, 5.74) is 0.814. The van der Waals surface area contributed by atoms with Crippen molar-refractivity contribution in [1.82, 2.24) is 0 Å². The minimum absolute atomic E-state index is 0.0899. The molecule has 0 spiro atoms. The van der Waals surface area contributed by atoms with Gasteiger partial charge in [-0.1, -0.05) is 28.1 Å². The minimum atomic E-state index is -0.627. The molecule has 3 rings (SSSR count). The lowest BCUT2D eigenvalue weighted by Crippen LogP contribution is -2.05. The maximum Gasteiger partial charge on any atom is 0.338 e. The van der Waals surface area contributed by atoms with E-state index in [1.54, 1.807) is 30.3 Å². The highest BCUT2D eigenvalue weighted by molar-refractivity contribution is 9.10. The van der Waals surface area contributed by atoms with Gasteiger partial charge in [-0.15, -0.1) is 0 Å². The topological polar surface area (TPSA) is 87.9 Å². The van der Waals surface area contributed by atoms with E-state index in [0.717, 1.165) is 0 Å². The molecule has 1 aliphatic heterocycles. The fraction of sp³-hybridized carbons (Fsp3) is 0.118. The van der Waals surface area contributed by atoms with Crippen molar-refractivity contribution in [3.63, 3.8) is 0 Å². The second kappa shape index (κ2) is 6.94. The molecule has 0 aliphatic carbocycles. The van der Waals surface area contributed by atoms with Gasteiger partial charge in [0.25, 0.3) is 5.69 Å². The Morgan fingerprint density at radius 2 is 1.96 bits per heavy atom. The van der Waals surface area contributed by atoms with Crippen LogP contribution in [-0.4, -0.2) is 24.8 Å². The van der Waals surface area contributed by atoms with Crippen molar-refractivity contribution in [2.24, 2.45) is 0 Å². The van der Waals surface area contributed by atoms with E-state index in [1.165, 1.54) is 19.3 Å². The molecule has 0 N–H and O–H groups in total. The minimum Gasteiger partial charge on any atom is -0.465 e. The molecule has 25 heavy (non-hydrogen) atoms. The molecule has 0 atom stereocenters. The number of hydrogen-bond donors (Lipinski definition) is 0. The molecule has 1 heterocycles. The number of fused-ring (bicyclic) bond motifs is 1. The lowest BCUT2D eigenvalue weighted by atomic mass is 10.0. The van der Waals surface area contributed by atoms with E-state index in [1.807, 2.05) is 0 Å². The molecule has 0 aromatic heterocycles. The second-order valence-corrected chi connectivity index (χ2v) is 5.91. The van der Waals surface area contributed by atoms with Crippen LogP contribution in [0.15, 0.2) is 40.9 Å². The van der Waals surface area contributed by atoms with Gasteiger partial charge < -0.3 is 14.2 Å². The van der Waals surface area contributed by atoms with Gasteiger partial charge in [-0.25, -0.2) is 4.79 Å². The number of carbonyl (C=O) groups excluding carboxylic acids is 1. The molecule has 2 aromatic carbocycles. The summed E-state index contributed by atoms with van der Waals surface area (Å²) in [6, 6.07) is 9.45. The Balaban J connectivity index is 2.17. The highest BCUT2D eigenvalue weighted by Gasteiger charge is 2.23. The number of halogens is 1. The standard InChI is InChI=1S/C17H12BrNO6/c1-23-17(20)12(6-10-4-2-3-5-14(10)19(21)22)11-7-15-16(8-13(11)18)25-9-24-15/h2-8H,9H2,1H3/b12-6-. The Hall–Kier alpha value is -2.87. The number of carbonyl (C=O) groups is 1. The van der Waals surface area contributed by atoms with Gasteiger partial charge in [-0.2, -0.15) is 0 Å². The Morgan fingerprint density at radius 1 is 1.28 bits per heavy atom. The van der Waals surface area contributed by atoms with E-state index in [4.69, 9.17) is 14.2 Å². The molecule has 0 unspecified atom stereocenters. The number of hydrogen-bond acceptors (Lipinski definition) is 6. The van der Waals surface area contributed by atoms with Crippen LogP contribution < -0.4 is 9.47 Å². The fourth-order valence-corrected chi connectivity index (χ4v) is 2.95. The summed E-state index contributed by atoms with van der Waals surface area (Å²) in [6.07, 6.45) is 1.42. The molecule has 0 saturated heterocycles. The number of nitrogens with zero attached hydrogens (tertiary/aromatic N) is 1. The van der Waals surface area contributed by atoms with Crippen LogP contribution in [0.5, 0.6) is 11.5 Å². The number of nitro benzene ring substituents is 1. The van der Waals surface area contributed by atoms with Gasteiger partial charge in [0, 0.05) is 16.1 Å². The summed E-state index contributed by atoms with van der Waals surface area (Å²) in [5.74, 6) is 0.402. The first-order valence-electron chi connectivity index (χ1n) is 7.14. The molecule has 1 aliphatic rings. The second-order valence-electron chi connectivity index (χ2n) is 5.05. The van der Waals surface area contributed by atoms with Gasteiger partial charge >= 0.3 is 5.97 Å². The highest BCUT2D eigenvalue weighted by atomic mass is 79.9. The zero-order valence-corrected chi connectivity index (χ0v) is 14.6. The molecule has 128 valence electrons. The molecule has 0 fully saturated rings. The predicted molar refractivity (Wildman–Crippen MR) is 93.2 cm³/mol. The van der Waals surface area contributed by atoms with E-state index in [0.29, 0.717) is 21.5 Å². The lowest BCUT2D eigenvalue weighted by molar-refractivity contribution is -0.385. The summed E-state index contributed by atoms with van der Waals surface area (Å²) in [7, 11) is 1.25. The third-order valence-corrected chi connectivity index (χ3v) is 4.25. The van der Waals surface area contributed by atoms with Crippen molar-refractivity contribution < 1.29 is 23.9 Å². The Morgan fingerprint density at radius 3 is 2.64 bits per heavy atom. The first kappa shape index (κ1) is 17.0. The smallest absolute Gasteiger partial charge is 0.338 e. The number of methoxy groups -OCH3 is 1. The van der Waals surface area contributed by atoms with Crippen LogP contribution in [-0.2, 0) is 9.53 Å². The van der Waals surface area contributed by atoms with Gasteiger partial charge in [0.15, 0.2) is 11.5 Å². The third kappa shape index (κ3) is 3.34. The Bertz CT molecular complexity index is 893. The van der Waals surface area contributed by atoms with Crippen molar-refractivity contribution in [3.8, 4) is 11.5 Å². The third-order valence-electron chi connectivity index (χ3n) is 3.59. The van der Waals surface area contributed by atoms with Crippen LogP contribution >= 0.6 is 15.9 Å². The van der Waals surface area contributed by atoms with Crippen molar-refractivity contribution in [1.29, 1.82) is 0 Å². The lowest BCUT2D eigenvalue weighted by Gasteiger charge is -2.10. The Labute approximate surface area is 151 Å². The van der Waals surface area contributed by atoms with Gasteiger partial charge in [0.05, 0.1) is 23.2 Å². The number of para-hydroxylation sites is 1. The molecule has 0 amide bonds. The molecular formula is C17H12BrNO6. The van der Waals surface area contributed by atoms with Crippen LogP contribution in [0.4, 0.5) is 5.69 Å². The number of esters is 1. The van der Waals surface area contributed by atoms with E-state index in [-0.39, 0.29) is 23.6 Å². The zero-order chi connectivity index (χ0) is 18.0. The van der Waals surface area contributed by atoms with Crippen molar-refractivity contribution in [2.75, 3.05) is 13.9 Å². The number of ether oxygens (including phenoxy) is 3. The van der Waals surface area contributed by atoms with E-state index < -0.39 is 10.9 Å². The van der Waals surface area contributed by atoms with Gasteiger partial charge in [0.2, 0.25) is 6.79 Å². The number of benzene rings is 2. The first-order valence-corrected chi connectivity index (χ1v) is 7.93. The molecule has 2 aromatic rings. The van der Waals surface area contributed by atoms with E-state index >= 15 is 0 Å². The SMILES string of the molecule is COC(=O)/C(=C\c1ccccc1[N+](=O)[O-])c1cc2c(cc1Br)OCO2. The van der Waals surface area contributed by atoms with Crippen LogP contribution in [0.3, 0.4) is 0 Å². The van der Waals surface area contributed by atoms with Gasteiger partial charge in [0.1, 0.15) is 0 Å². The molecule has 8 heteroatoms. The van der Waals surface area contributed by atoms with Gasteiger partial charge in [-0.3, -0.25) is 10.1 Å².